The molecule has 0 saturated heterocycles. The van der Waals surface area contributed by atoms with E-state index < -0.39 is 0 Å². The van der Waals surface area contributed by atoms with E-state index in [1.807, 2.05) is 0 Å². The van der Waals surface area contributed by atoms with Crippen LogP contribution in [0.5, 0.6) is 5.75 Å². The van der Waals surface area contributed by atoms with E-state index in [1.54, 1.807) is 7.11 Å². The van der Waals surface area contributed by atoms with Crippen LogP contribution in [0.2, 0.25) is 0 Å². The van der Waals surface area contributed by atoms with Crippen molar-refractivity contribution in [1.29, 1.82) is 0 Å². The lowest BCUT2D eigenvalue weighted by Crippen LogP contribution is -2.29. The van der Waals surface area contributed by atoms with Gasteiger partial charge in [-0.25, -0.2) is 0 Å². The minimum Gasteiger partial charge on any atom is -0.496 e. The van der Waals surface area contributed by atoms with Crippen molar-refractivity contribution in [3.63, 3.8) is 0 Å². The minimum absolute atomic E-state index is 0.292. The standard InChI is InChI=1S/C16H22O/c1-16(2,3)11-13-10-9-12-7-5-6-8-14(12)15(13)17-4/h7-10H,5-6,11H2,1-4H3. The van der Waals surface area contributed by atoms with E-state index in [0.717, 1.165) is 25.0 Å². The Labute approximate surface area is 104 Å². The van der Waals surface area contributed by atoms with Gasteiger partial charge in [0.05, 0.1) is 7.11 Å². The molecule has 1 aliphatic carbocycles. The highest BCUT2D eigenvalue weighted by atomic mass is 16.5. The number of ether oxygens (including phenoxy) is 1. The van der Waals surface area contributed by atoms with Crippen LogP contribution >= 0.6 is 0 Å². The van der Waals surface area contributed by atoms with Gasteiger partial charge in [-0.1, -0.05) is 45.1 Å². The number of hydrogen-bond donors (Lipinski definition) is 0. The second-order valence-electron chi connectivity index (χ2n) is 5.98. The predicted molar refractivity (Wildman–Crippen MR) is 73.6 cm³/mol. The molecule has 1 aromatic carbocycles. The van der Waals surface area contributed by atoms with Gasteiger partial charge in [-0.15, -0.1) is 0 Å². The van der Waals surface area contributed by atoms with Crippen molar-refractivity contribution in [3.8, 4) is 5.75 Å². The van der Waals surface area contributed by atoms with Crippen LogP contribution in [0.1, 0.15) is 39.2 Å². The molecule has 17 heavy (non-hydrogen) atoms. The maximum Gasteiger partial charge on any atom is 0.129 e. The summed E-state index contributed by atoms with van der Waals surface area (Å²) in [5, 5.41) is 2.62. The molecule has 0 fully saturated rings. The van der Waals surface area contributed by atoms with E-state index >= 15 is 0 Å². The average molecular weight is 230 g/mol. The Morgan fingerprint density at radius 3 is 2.47 bits per heavy atom. The van der Waals surface area contributed by atoms with Gasteiger partial charge < -0.3 is 4.74 Å². The van der Waals surface area contributed by atoms with Crippen LogP contribution in [-0.2, 0) is 6.42 Å². The van der Waals surface area contributed by atoms with Gasteiger partial charge in [0.2, 0.25) is 0 Å². The van der Waals surface area contributed by atoms with E-state index in [2.05, 4.69) is 45.1 Å². The minimum atomic E-state index is 0.292. The maximum absolute atomic E-state index is 5.64. The van der Waals surface area contributed by atoms with Crippen molar-refractivity contribution in [1.82, 2.24) is 0 Å². The molecule has 92 valence electrons. The summed E-state index contributed by atoms with van der Waals surface area (Å²) in [6, 6.07) is 4.45. The lowest BCUT2D eigenvalue weighted by molar-refractivity contribution is 0.376. The van der Waals surface area contributed by atoms with Crippen molar-refractivity contribution in [2.45, 2.75) is 40.0 Å². The molecule has 0 aliphatic heterocycles. The lowest BCUT2D eigenvalue weighted by Gasteiger charge is -2.20. The summed E-state index contributed by atoms with van der Waals surface area (Å²) in [6.45, 7) is 6.80. The van der Waals surface area contributed by atoms with Gasteiger partial charge in [0.25, 0.3) is 0 Å². The molecule has 1 aliphatic rings. The molecule has 2 rings (SSSR count). The van der Waals surface area contributed by atoms with Crippen molar-refractivity contribution in [3.05, 3.63) is 28.1 Å². The Kier molecular flexibility index (Phi) is 3.28. The van der Waals surface area contributed by atoms with Crippen LogP contribution in [0.15, 0.2) is 12.1 Å². The molecule has 0 saturated carbocycles. The Morgan fingerprint density at radius 2 is 1.82 bits per heavy atom. The molecule has 0 aromatic heterocycles. The molecule has 1 aromatic rings. The molecular formula is C16H22O. The van der Waals surface area contributed by atoms with Crippen molar-refractivity contribution < 1.29 is 4.74 Å². The van der Waals surface area contributed by atoms with Crippen LogP contribution in [0, 0.1) is 5.41 Å². The quantitative estimate of drug-likeness (QED) is 0.759. The molecule has 0 radical (unpaired) electrons. The largest absolute Gasteiger partial charge is 0.496 e. The molecule has 1 heteroatoms. The van der Waals surface area contributed by atoms with E-state index in [1.165, 1.54) is 16.0 Å². The Bertz CT molecular complexity index is 518. The van der Waals surface area contributed by atoms with Crippen molar-refractivity contribution in [2.24, 2.45) is 5.41 Å². The first kappa shape index (κ1) is 12.2. The fourth-order valence-corrected chi connectivity index (χ4v) is 2.47. The fraction of sp³-hybridized carbons (Fsp3) is 0.500. The molecule has 1 nitrogen and oxygen atoms in total. The predicted octanol–water partition coefficient (Wildman–Crippen LogP) is 2.64. The Balaban J connectivity index is 2.56. The fourth-order valence-electron chi connectivity index (χ4n) is 2.47. The van der Waals surface area contributed by atoms with Gasteiger partial charge in [0.1, 0.15) is 5.75 Å². The number of methoxy groups -OCH3 is 1. The zero-order chi connectivity index (χ0) is 12.5. The Hall–Kier alpha value is -1.24. The highest BCUT2D eigenvalue weighted by Crippen LogP contribution is 2.24. The second kappa shape index (κ2) is 4.56. The first-order valence-electron chi connectivity index (χ1n) is 6.37. The van der Waals surface area contributed by atoms with E-state index in [9.17, 15) is 0 Å². The number of rotatable bonds is 2. The first-order chi connectivity index (χ1) is 8.01. The average Bonchev–Trinajstić information content (AvgIpc) is 2.27. The van der Waals surface area contributed by atoms with Gasteiger partial charge in [-0.3, -0.25) is 0 Å². The van der Waals surface area contributed by atoms with Crippen LogP contribution in [-0.4, -0.2) is 7.11 Å². The van der Waals surface area contributed by atoms with Crippen LogP contribution < -0.4 is 15.2 Å². The molecule has 0 heterocycles. The van der Waals surface area contributed by atoms with Crippen LogP contribution in [0.4, 0.5) is 0 Å². The third-order valence-corrected chi connectivity index (χ3v) is 3.12. The highest BCUT2D eigenvalue weighted by molar-refractivity contribution is 5.47. The third-order valence-electron chi connectivity index (χ3n) is 3.12. The normalized spacial score (nSPS) is 14.6. The number of fused-ring (bicyclic) bond motifs is 1. The van der Waals surface area contributed by atoms with Gasteiger partial charge in [-0.05, 0) is 35.5 Å². The summed E-state index contributed by atoms with van der Waals surface area (Å²) in [7, 11) is 1.78. The van der Waals surface area contributed by atoms with E-state index in [4.69, 9.17) is 4.74 Å². The molecule has 0 bridgehead atoms. The van der Waals surface area contributed by atoms with Crippen LogP contribution in [0.25, 0.3) is 12.2 Å². The molecule has 0 N–H and O–H groups in total. The van der Waals surface area contributed by atoms with Gasteiger partial charge in [-0.2, -0.15) is 0 Å². The summed E-state index contributed by atoms with van der Waals surface area (Å²) in [5.74, 6) is 1.08. The zero-order valence-electron chi connectivity index (χ0n) is 11.3. The van der Waals surface area contributed by atoms with E-state index in [0.29, 0.717) is 5.41 Å². The topological polar surface area (TPSA) is 9.23 Å². The second-order valence-corrected chi connectivity index (χ2v) is 5.98. The van der Waals surface area contributed by atoms with E-state index in [-0.39, 0.29) is 0 Å². The smallest absolute Gasteiger partial charge is 0.129 e. The monoisotopic (exact) mass is 230 g/mol. The molecule has 0 atom stereocenters. The zero-order valence-corrected chi connectivity index (χ0v) is 11.3. The summed E-state index contributed by atoms with van der Waals surface area (Å²) in [6.07, 6.45) is 7.94. The van der Waals surface area contributed by atoms with Crippen molar-refractivity contribution in [2.75, 3.05) is 7.11 Å². The highest BCUT2D eigenvalue weighted by Gasteiger charge is 2.15. The van der Waals surface area contributed by atoms with Gasteiger partial charge in [0, 0.05) is 5.22 Å². The number of benzene rings is 1. The molecule has 0 unspecified atom stereocenters. The van der Waals surface area contributed by atoms with Gasteiger partial charge in [0.15, 0.2) is 0 Å². The van der Waals surface area contributed by atoms with Crippen LogP contribution in [0.3, 0.4) is 0 Å². The summed E-state index contributed by atoms with van der Waals surface area (Å²) >= 11 is 0. The van der Waals surface area contributed by atoms with Gasteiger partial charge >= 0.3 is 0 Å². The third kappa shape index (κ3) is 2.71. The lowest BCUT2D eigenvalue weighted by atomic mass is 9.87. The SMILES string of the molecule is COc1c(CC(C)(C)C)ccc2c1=CCCC=2. The first-order valence-corrected chi connectivity index (χ1v) is 6.37. The van der Waals surface area contributed by atoms with Crippen molar-refractivity contribution >= 4 is 12.2 Å². The summed E-state index contributed by atoms with van der Waals surface area (Å²) in [4.78, 5) is 0. The molecule has 0 amide bonds. The summed E-state index contributed by atoms with van der Waals surface area (Å²) < 4.78 is 5.64. The Morgan fingerprint density at radius 1 is 1.12 bits per heavy atom. The molecule has 0 spiro atoms. The maximum atomic E-state index is 5.64. The molecular weight excluding hydrogens is 208 g/mol. The summed E-state index contributed by atoms with van der Waals surface area (Å²) in [5.41, 5.74) is 1.62. The number of hydrogen-bond acceptors (Lipinski definition) is 1.